The van der Waals surface area contributed by atoms with Crippen molar-refractivity contribution in [2.24, 2.45) is 22.2 Å². The summed E-state index contributed by atoms with van der Waals surface area (Å²) in [6.45, 7) is 2.25. The van der Waals surface area contributed by atoms with Gasteiger partial charge in [-0.25, -0.2) is 9.78 Å². The maximum Gasteiger partial charge on any atom is 0.326 e. The predicted octanol–water partition coefficient (Wildman–Crippen LogP) is -2.83. The van der Waals surface area contributed by atoms with Crippen LogP contribution < -0.4 is 49.1 Å². The molecule has 0 spiro atoms. The van der Waals surface area contributed by atoms with Crippen LogP contribution in [0.1, 0.15) is 64.0 Å². The maximum atomic E-state index is 13.7. The number of nitrogens with two attached hydrogens (primary N) is 3. The minimum atomic E-state index is -1.22. The van der Waals surface area contributed by atoms with Crippen LogP contribution in [0.5, 0.6) is 0 Å². The number of nitrogens with one attached hydrogen (secondary N) is 7. The average molecular weight is 831 g/mol. The Morgan fingerprint density at radius 1 is 0.893 bits per heavy atom. The van der Waals surface area contributed by atoms with Gasteiger partial charge >= 0.3 is 5.97 Å². The first-order chi connectivity index (χ1) is 26.6. The van der Waals surface area contributed by atoms with Crippen molar-refractivity contribution in [1.29, 1.82) is 0 Å². The van der Waals surface area contributed by atoms with Gasteiger partial charge in [0.05, 0.1) is 12.4 Å². The largest absolute Gasteiger partial charge is 0.481 e. The number of thiol groups is 1. The SMILES string of the molecule is CC(=O)O.CSCCC(NC(=O)C(CCCN=C(N)N)NC(=O)C(CCCCN)NC(=O)C(CS)NC(=O)C(Cc1cnc[nH]1)NC(=O)C1CCCN1)C(=O)O. The van der Waals surface area contributed by atoms with E-state index in [9.17, 15) is 33.9 Å². The number of guanidine groups is 1. The molecule has 6 unspecified atom stereocenters. The number of aliphatic carboxylic acids is 2. The number of amides is 5. The number of thioether (sulfide) groups is 1. The third kappa shape index (κ3) is 20.3. The standard InChI is InChI=1S/C31H54N12O7S2.C2H4O2/c1-52-13-9-22(30(49)50)41-27(46)21(8-5-12-37-31(33)34)39-26(45)20(6-2-3-10-32)40-29(48)24(16-51)43-28(47)23(14-18-15-35-17-38-18)42-25(44)19-7-4-11-36-19;1-2(3)4/h15,17,19-24,36,51H,2-14,16,32H2,1H3,(H,35,38)(H,39,45)(H,40,48)(H,41,46)(H,42,44)(H,43,47)(H,49,50)(H4,33,34,37);1H3,(H,3,4). The van der Waals surface area contributed by atoms with Crippen molar-refractivity contribution in [3.63, 3.8) is 0 Å². The van der Waals surface area contributed by atoms with E-state index in [-0.39, 0.29) is 56.3 Å². The summed E-state index contributed by atoms with van der Waals surface area (Å²) in [5, 5.41) is 33.4. The molecule has 1 saturated heterocycles. The number of hydrogen-bond donors (Lipinski definition) is 13. The Morgan fingerprint density at radius 2 is 1.46 bits per heavy atom. The van der Waals surface area contributed by atoms with E-state index >= 15 is 0 Å². The lowest BCUT2D eigenvalue weighted by molar-refractivity contribution is -0.142. The van der Waals surface area contributed by atoms with Crippen LogP contribution in [-0.4, -0.2) is 141 Å². The Kier molecular flexibility index (Phi) is 24.6. The Hall–Kier alpha value is -4.61. The van der Waals surface area contributed by atoms with Crippen LogP contribution in [-0.2, 0) is 40.0 Å². The third-order valence-electron chi connectivity index (χ3n) is 8.19. The molecular formula is C33H58N12O9S2. The van der Waals surface area contributed by atoms with E-state index in [1.807, 2.05) is 6.26 Å². The molecule has 0 bridgehead atoms. The van der Waals surface area contributed by atoms with Gasteiger partial charge < -0.3 is 64.3 Å². The number of rotatable bonds is 25. The molecule has 5 amide bonds. The van der Waals surface area contributed by atoms with Crippen LogP contribution >= 0.6 is 24.4 Å². The fourth-order valence-electron chi connectivity index (χ4n) is 5.32. The van der Waals surface area contributed by atoms with Crippen molar-refractivity contribution < 1.29 is 43.8 Å². The van der Waals surface area contributed by atoms with E-state index in [1.165, 1.54) is 24.3 Å². The zero-order valence-corrected chi connectivity index (χ0v) is 33.5. The number of hydrogen-bond acceptors (Lipinski definition) is 13. The minimum absolute atomic E-state index is 0.0574. The van der Waals surface area contributed by atoms with Gasteiger partial charge in [0.15, 0.2) is 5.96 Å². The predicted molar refractivity (Wildman–Crippen MR) is 214 cm³/mol. The number of aromatic amines is 1. The smallest absolute Gasteiger partial charge is 0.326 e. The van der Waals surface area contributed by atoms with Gasteiger partial charge in [0.1, 0.15) is 30.2 Å². The summed E-state index contributed by atoms with van der Waals surface area (Å²) in [6, 6.07) is -6.25. The van der Waals surface area contributed by atoms with Crippen LogP contribution in [0.4, 0.5) is 0 Å². The lowest BCUT2D eigenvalue weighted by atomic mass is 10.0. The lowest BCUT2D eigenvalue weighted by Crippen LogP contribution is -2.60. The molecule has 2 rings (SSSR count). The molecule has 56 heavy (non-hydrogen) atoms. The van der Waals surface area contributed by atoms with Crippen LogP contribution in [0.25, 0.3) is 0 Å². The first-order valence-corrected chi connectivity index (χ1v) is 20.2. The molecule has 6 atom stereocenters. The summed E-state index contributed by atoms with van der Waals surface area (Å²) in [7, 11) is 0. The quantitative estimate of drug-likeness (QED) is 0.0204. The number of carboxylic acid groups (broad SMARTS) is 2. The van der Waals surface area contributed by atoms with Gasteiger partial charge in [-0.2, -0.15) is 24.4 Å². The van der Waals surface area contributed by atoms with Gasteiger partial charge in [0, 0.05) is 37.5 Å². The number of aliphatic imine (C=N–C) groups is 1. The highest BCUT2D eigenvalue weighted by molar-refractivity contribution is 7.98. The molecule has 1 fully saturated rings. The van der Waals surface area contributed by atoms with Crippen LogP contribution in [0.15, 0.2) is 17.5 Å². The molecule has 1 aromatic heterocycles. The molecule has 1 aliphatic rings. The second-order valence-corrected chi connectivity index (χ2v) is 14.1. The van der Waals surface area contributed by atoms with E-state index in [1.54, 1.807) is 0 Å². The van der Waals surface area contributed by atoms with Gasteiger partial charge in [-0.05, 0) is 76.5 Å². The van der Waals surface area contributed by atoms with E-state index in [2.05, 4.69) is 59.5 Å². The molecule has 0 radical (unpaired) electrons. The van der Waals surface area contributed by atoms with E-state index in [0.29, 0.717) is 43.8 Å². The second-order valence-electron chi connectivity index (χ2n) is 12.8. The van der Waals surface area contributed by atoms with Gasteiger partial charge in [0.2, 0.25) is 29.5 Å². The first kappa shape index (κ1) is 49.4. The van der Waals surface area contributed by atoms with Crippen LogP contribution in [0.2, 0.25) is 0 Å². The number of carboxylic acids is 2. The van der Waals surface area contributed by atoms with E-state index in [0.717, 1.165) is 13.3 Å². The summed E-state index contributed by atoms with van der Waals surface area (Å²) in [5.41, 5.74) is 17.1. The second kappa shape index (κ2) is 27.9. The zero-order valence-electron chi connectivity index (χ0n) is 31.8. The van der Waals surface area contributed by atoms with Crippen molar-refractivity contribution in [3.8, 4) is 0 Å². The van der Waals surface area contributed by atoms with Crippen molar-refractivity contribution >= 4 is 71.8 Å². The number of unbranched alkanes of at least 4 members (excludes halogenated alkanes) is 1. The number of aromatic nitrogens is 2. The molecule has 23 heteroatoms. The summed E-state index contributed by atoms with van der Waals surface area (Å²) in [5.74, 6) is -5.03. The third-order valence-corrected chi connectivity index (χ3v) is 9.20. The van der Waals surface area contributed by atoms with Crippen molar-refractivity contribution in [3.05, 3.63) is 18.2 Å². The summed E-state index contributed by atoms with van der Waals surface area (Å²) < 4.78 is 0. The first-order valence-electron chi connectivity index (χ1n) is 18.1. The summed E-state index contributed by atoms with van der Waals surface area (Å²) in [6.07, 6.45) is 7.90. The van der Waals surface area contributed by atoms with Gasteiger partial charge in [-0.3, -0.25) is 33.8 Å². The molecule has 2 heterocycles. The number of carbonyl (C=O) groups excluding carboxylic acids is 5. The van der Waals surface area contributed by atoms with Crippen molar-refractivity contribution in [2.45, 2.75) is 101 Å². The maximum absolute atomic E-state index is 13.7. The highest BCUT2D eigenvalue weighted by atomic mass is 32.2. The molecule has 1 aromatic rings. The van der Waals surface area contributed by atoms with E-state index < -0.39 is 71.8 Å². The number of imidazole rings is 1. The molecule has 0 aromatic carbocycles. The Morgan fingerprint density at radius 3 is 1.96 bits per heavy atom. The number of nitrogens with zero attached hydrogens (tertiary/aromatic N) is 2. The normalized spacial score (nSPS) is 16.0. The fraction of sp³-hybridized carbons (Fsp3) is 0.667. The summed E-state index contributed by atoms with van der Waals surface area (Å²) in [4.78, 5) is 98.6. The van der Waals surface area contributed by atoms with Crippen molar-refractivity contribution in [1.82, 2.24) is 41.9 Å². The molecule has 316 valence electrons. The van der Waals surface area contributed by atoms with Gasteiger partial charge in [-0.1, -0.05) is 0 Å². The molecule has 0 saturated carbocycles. The fourth-order valence-corrected chi connectivity index (χ4v) is 6.05. The Balaban J connectivity index is 0.00000373. The zero-order chi connectivity index (χ0) is 42.0. The monoisotopic (exact) mass is 830 g/mol. The van der Waals surface area contributed by atoms with Crippen LogP contribution in [0, 0.1) is 0 Å². The molecule has 21 nitrogen and oxygen atoms in total. The topological polar surface area (TPSA) is 351 Å². The molecule has 1 aliphatic heterocycles. The Bertz CT molecular complexity index is 1420. The van der Waals surface area contributed by atoms with Gasteiger partial charge in [-0.15, -0.1) is 0 Å². The molecule has 15 N–H and O–H groups in total. The van der Waals surface area contributed by atoms with Gasteiger partial charge in [0.25, 0.3) is 5.97 Å². The molecule has 0 aliphatic carbocycles. The van der Waals surface area contributed by atoms with E-state index in [4.69, 9.17) is 27.1 Å². The number of H-pyrrole nitrogens is 1. The average Bonchev–Trinajstić information content (AvgIpc) is 3.87. The van der Waals surface area contributed by atoms with Crippen LogP contribution in [0.3, 0.4) is 0 Å². The Labute approximate surface area is 335 Å². The number of carbonyl (C=O) groups is 7. The minimum Gasteiger partial charge on any atom is -0.481 e. The highest BCUT2D eigenvalue weighted by Gasteiger charge is 2.33. The highest BCUT2D eigenvalue weighted by Crippen LogP contribution is 2.09. The van der Waals surface area contributed by atoms with Crippen molar-refractivity contribution in [2.75, 3.05) is 37.4 Å². The molecular weight excluding hydrogens is 773 g/mol. The summed E-state index contributed by atoms with van der Waals surface area (Å²) >= 11 is 5.69. The lowest BCUT2D eigenvalue weighted by Gasteiger charge is -2.27.